The Morgan fingerprint density at radius 2 is 1.78 bits per heavy atom. The Bertz CT molecular complexity index is 811. The molecule has 0 N–H and O–H groups in total. The van der Waals surface area contributed by atoms with Gasteiger partial charge < -0.3 is 9.30 Å². The molecule has 3 aromatic rings. The van der Waals surface area contributed by atoms with Crippen LogP contribution in [0.25, 0.3) is 0 Å². The zero-order valence-electron chi connectivity index (χ0n) is 15.6. The van der Waals surface area contributed by atoms with E-state index in [4.69, 9.17) is 4.74 Å². The van der Waals surface area contributed by atoms with Crippen LogP contribution in [0.5, 0.6) is 0 Å². The normalized spacial score (nSPS) is 15.9. The van der Waals surface area contributed by atoms with Gasteiger partial charge in [0.1, 0.15) is 0 Å². The molecule has 0 unspecified atom stereocenters. The molecule has 0 spiro atoms. The fourth-order valence-corrected chi connectivity index (χ4v) is 3.55. The van der Waals surface area contributed by atoms with Crippen LogP contribution in [-0.4, -0.2) is 38.6 Å². The highest BCUT2D eigenvalue weighted by atomic mass is 16.5. The Kier molecular flexibility index (Phi) is 5.92. The van der Waals surface area contributed by atoms with Crippen LogP contribution < -0.4 is 0 Å². The van der Waals surface area contributed by atoms with Crippen LogP contribution in [0.2, 0.25) is 0 Å². The van der Waals surface area contributed by atoms with Gasteiger partial charge in [-0.25, -0.2) is 4.98 Å². The number of nitrogens with zero attached hydrogens (tertiary/aromatic N) is 4. The molecule has 1 aromatic carbocycles. The number of imidazole rings is 1. The monoisotopic (exact) mass is 362 g/mol. The molecule has 0 amide bonds. The summed E-state index contributed by atoms with van der Waals surface area (Å²) >= 11 is 0. The molecule has 0 bridgehead atoms. The number of rotatable bonds is 7. The van der Waals surface area contributed by atoms with Crippen molar-refractivity contribution in [2.75, 3.05) is 13.1 Å². The van der Waals surface area contributed by atoms with Crippen LogP contribution in [0.4, 0.5) is 0 Å². The van der Waals surface area contributed by atoms with Gasteiger partial charge in [-0.3, -0.25) is 9.88 Å². The van der Waals surface area contributed by atoms with Crippen LogP contribution in [-0.2, 0) is 24.4 Å². The van der Waals surface area contributed by atoms with Crippen LogP contribution in [0.1, 0.15) is 29.8 Å². The highest BCUT2D eigenvalue weighted by Crippen LogP contribution is 2.18. The van der Waals surface area contributed by atoms with Crippen LogP contribution in [0.15, 0.2) is 67.3 Å². The standard InChI is InChI=1S/C22H26N4O/c1-2-6-19(7-3-1)15-26-18-23-14-21(26)16-25-12-9-22(10-13-25)27-17-20-8-4-5-11-24-20/h1-8,11,14,18,22H,9-10,12-13,15-17H2. The van der Waals surface area contributed by atoms with Gasteiger partial charge in [-0.2, -0.15) is 0 Å². The van der Waals surface area contributed by atoms with E-state index in [1.807, 2.05) is 36.9 Å². The number of hydrogen-bond donors (Lipinski definition) is 0. The van der Waals surface area contributed by atoms with Crippen molar-refractivity contribution in [2.45, 2.75) is 38.6 Å². The Labute approximate surface area is 160 Å². The van der Waals surface area contributed by atoms with E-state index in [0.717, 1.165) is 44.7 Å². The average Bonchev–Trinajstić information content (AvgIpc) is 3.15. The molecule has 1 fully saturated rings. The van der Waals surface area contributed by atoms with Gasteiger partial charge in [-0.15, -0.1) is 0 Å². The van der Waals surface area contributed by atoms with Gasteiger partial charge in [0.05, 0.1) is 30.4 Å². The van der Waals surface area contributed by atoms with Crippen molar-refractivity contribution in [1.29, 1.82) is 0 Å². The summed E-state index contributed by atoms with van der Waals surface area (Å²) in [6.45, 7) is 4.54. The number of likely N-dealkylation sites (tertiary alicyclic amines) is 1. The maximum Gasteiger partial charge on any atom is 0.0951 e. The lowest BCUT2D eigenvalue weighted by molar-refractivity contribution is -0.00557. The fourth-order valence-electron chi connectivity index (χ4n) is 3.55. The maximum atomic E-state index is 6.05. The largest absolute Gasteiger partial charge is 0.372 e. The smallest absolute Gasteiger partial charge is 0.0951 e. The summed E-state index contributed by atoms with van der Waals surface area (Å²) in [6.07, 6.45) is 8.22. The first-order chi connectivity index (χ1) is 13.4. The molecular weight excluding hydrogens is 336 g/mol. The molecule has 0 saturated carbocycles. The minimum atomic E-state index is 0.331. The SMILES string of the molecule is c1ccc(Cn2cncc2CN2CCC(OCc3ccccn3)CC2)cc1. The van der Waals surface area contributed by atoms with Crippen molar-refractivity contribution < 1.29 is 4.74 Å². The third-order valence-electron chi connectivity index (χ3n) is 5.11. The third-order valence-corrected chi connectivity index (χ3v) is 5.11. The van der Waals surface area contributed by atoms with E-state index in [9.17, 15) is 0 Å². The van der Waals surface area contributed by atoms with Gasteiger partial charge in [-0.1, -0.05) is 36.4 Å². The molecule has 3 heterocycles. The van der Waals surface area contributed by atoms with Gasteiger partial charge in [0.2, 0.25) is 0 Å². The van der Waals surface area contributed by atoms with Gasteiger partial charge in [0, 0.05) is 38.6 Å². The Hall–Kier alpha value is -2.50. The van der Waals surface area contributed by atoms with Crippen molar-refractivity contribution in [3.05, 3.63) is 84.2 Å². The summed E-state index contributed by atoms with van der Waals surface area (Å²) in [5.41, 5.74) is 3.58. The lowest BCUT2D eigenvalue weighted by atomic mass is 10.1. The molecule has 1 saturated heterocycles. The predicted molar refractivity (Wildman–Crippen MR) is 105 cm³/mol. The summed E-state index contributed by atoms with van der Waals surface area (Å²) in [5, 5.41) is 0. The molecule has 0 radical (unpaired) electrons. The molecule has 4 rings (SSSR count). The molecule has 5 heteroatoms. The third kappa shape index (κ3) is 5.02. The molecule has 27 heavy (non-hydrogen) atoms. The minimum absolute atomic E-state index is 0.331. The molecule has 140 valence electrons. The molecule has 2 aromatic heterocycles. The van der Waals surface area contributed by atoms with E-state index in [1.165, 1.54) is 11.3 Å². The predicted octanol–water partition coefficient (Wildman–Crippen LogP) is 3.51. The van der Waals surface area contributed by atoms with E-state index >= 15 is 0 Å². The van der Waals surface area contributed by atoms with Crippen LogP contribution >= 0.6 is 0 Å². The molecule has 1 aliphatic rings. The second kappa shape index (κ2) is 8.93. The number of ether oxygens (including phenoxy) is 1. The fraction of sp³-hybridized carbons (Fsp3) is 0.364. The lowest BCUT2D eigenvalue weighted by Gasteiger charge is -2.31. The maximum absolute atomic E-state index is 6.05. The Balaban J connectivity index is 1.26. The molecule has 0 atom stereocenters. The Morgan fingerprint density at radius 1 is 0.963 bits per heavy atom. The number of aromatic nitrogens is 3. The van der Waals surface area contributed by atoms with Gasteiger partial charge in [0.15, 0.2) is 0 Å². The zero-order chi connectivity index (χ0) is 18.3. The zero-order valence-corrected chi connectivity index (χ0v) is 15.6. The molecular formula is C22H26N4O. The van der Waals surface area contributed by atoms with Crippen molar-refractivity contribution in [3.63, 3.8) is 0 Å². The lowest BCUT2D eigenvalue weighted by Crippen LogP contribution is -2.37. The number of pyridine rings is 1. The Morgan fingerprint density at radius 3 is 2.56 bits per heavy atom. The van der Waals surface area contributed by atoms with Crippen LogP contribution in [0.3, 0.4) is 0 Å². The second-order valence-electron chi connectivity index (χ2n) is 7.11. The van der Waals surface area contributed by atoms with Gasteiger partial charge in [0.25, 0.3) is 0 Å². The van der Waals surface area contributed by atoms with Crippen LogP contribution in [0, 0.1) is 0 Å². The first-order valence-electron chi connectivity index (χ1n) is 9.63. The van der Waals surface area contributed by atoms with Gasteiger partial charge in [-0.05, 0) is 30.5 Å². The van der Waals surface area contributed by atoms with Crippen molar-refractivity contribution in [2.24, 2.45) is 0 Å². The molecule has 0 aliphatic carbocycles. The second-order valence-corrected chi connectivity index (χ2v) is 7.11. The number of hydrogen-bond acceptors (Lipinski definition) is 4. The van der Waals surface area contributed by atoms with Crippen molar-refractivity contribution in [3.8, 4) is 0 Å². The van der Waals surface area contributed by atoms with Gasteiger partial charge >= 0.3 is 0 Å². The van der Waals surface area contributed by atoms with E-state index < -0.39 is 0 Å². The topological polar surface area (TPSA) is 43.2 Å². The average molecular weight is 362 g/mol. The quantitative estimate of drug-likeness (QED) is 0.645. The summed E-state index contributed by atoms with van der Waals surface area (Å²) < 4.78 is 8.30. The van der Waals surface area contributed by atoms with Crippen molar-refractivity contribution in [1.82, 2.24) is 19.4 Å². The highest BCUT2D eigenvalue weighted by molar-refractivity contribution is 5.16. The minimum Gasteiger partial charge on any atom is -0.372 e. The summed E-state index contributed by atoms with van der Waals surface area (Å²) in [7, 11) is 0. The first kappa shape index (κ1) is 17.9. The van der Waals surface area contributed by atoms with E-state index in [2.05, 4.69) is 49.8 Å². The highest BCUT2D eigenvalue weighted by Gasteiger charge is 2.20. The van der Waals surface area contributed by atoms with Crippen molar-refractivity contribution >= 4 is 0 Å². The summed E-state index contributed by atoms with van der Waals surface area (Å²) in [6, 6.07) is 16.5. The molecule has 5 nitrogen and oxygen atoms in total. The molecule has 1 aliphatic heterocycles. The summed E-state index contributed by atoms with van der Waals surface area (Å²) in [4.78, 5) is 11.2. The number of benzene rings is 1. The van der Waals surface area contributed by atoms with E-state index in [-0.39, 0.29) is 0 Å². The summed E-state index contributed by atoms with van der Waals surface area (Å²) in [5.74, 6) is 0. The number of piperidine rings is 1. The first-order valence-corrected chi connectivity index (χ1v) is 9.63. The van der Waals surface area contributed by atoms with E-state index in [0.29, 0.717) is 12.7 Å². The van der Waals surface area contributed by atoms with E-state index in [1.54, 1.807) is 0 Å².